The number of halogens is 1. The molecule has 1 aromatic carbocycles. The van der Waals surface area contributed by atoms with Gasteiger partial charge >= 0.3 is 0 Å². The number of hydrogen-bond donors (Lipinski definition) is 0. The Morgan fingerprint density at radius 2 is 2.00 bits per heavy atom. The fourth-order valence-electron chi connectivity index (χ4n) is 1.04. The minimum absolute atomic E-state index is 0.0794. The van der Waals surface area contributed by atoms with Crippen LogP contribution in [0, 0.1) is 5.82 Å². The van der Waals surface area contributed by atoms with E-state index in [1.54, 1.807) is 20.8 Å². The Balaban J connectivity index is 3.06. The summed E-state index contributed by atoms with van der Waals surface area (Å²) in [5, 5.41) is 10.5. The second-order valence-electron chi connectivity index (χ2n) is 4.15. The average molecular weight is 211 g/mol. The van der Waals surface area contributed by atoms with E-state index in [1.807, 2.05) is 0 Å². The standard InChI is InChI=1S/C11H13FO3/c1-11(2,3)15-9-6-7(10(13)14)4-5-8(9)12/h4-6H,1-3H3,(H,13,14)/p-1. The number of rotatable bonds is 2. The van der Waals surface area contributed by atoms with Gasteiger partial charge in [-0.3, -0.25) is 0 Å². The quantitative estimate of drug-likeness (QED) is 0.742. The molecule has 0 spiro atoms. The molecule has 0 unspecified atom stereocenters. The van der Waals surface area contributed by atoms with Gasteiger partial charge in [0.2, 0.25) is 0 Å². The maximum Gasteiger partial charge on any atom is 0.165 e. The summed E-state index contributed by atoms with van der Waals surface area (Å²) in [6, 6.07) is 3.31. The molecule has 0 amide bonds. The highest BCUT2D eigenvalue weighted by atomic mass is 19.1. The number of carbonyl (C=O) groups excluding carboxylic acids is 1. The van der Waals surface area contributed by atoms with Crippen LogP contribution in [-0.4, -0.2) is 11.6 Å². The lowest BCUT2D eigenvalue weighted by atomic mass is 10.1. The van der Waals surface area contributed by atoms with Gasteiger partial charge in [0, 0.05) is 5.56 Å². The molecule has 3 nitrogen and oxygen atoms in total. The number of hydrogen-bond acceptors (Lipinski definition) is 3. The molecule has 1 rings (SSSR count). The van der Waals surface area contributed by atoms with Crippen LogP contribution in [0.25, 0.3) is 0 Å². The molecular weight excluding hydrogens is 199 g/mol. The summed E-state index contributed by atoms with van der Waals surface area (Å²) in [4.78, 5) is 10.5. The summed E-state index contributed by atoms with van der Waals surface area (Å²) in [5.74, 6) is -2.02. The Labute approximate surface area is 87.5 Å². The van der Waals surface area contributed by atoms with Gasteiger partial charge in [-0.1, -0.05) is 0 Å². The third-order valence-corrected chi connectivity index (χ3v) is 1.58. The van der Waals surface area contributed by atoms with E-state index >= 15 is 0 Å². The van der Waals surface area contributed by atoms with Crippen molar-refractivity contribution in [3.8, 4) is 5.75 Å². The van der Waals surface area contributed by atoms with Crippen LogP contribution in [0.2, 0.25) is 0 Å². The van der Waals surface area contributed by atoms with E-state index in [0.29, 0.717) is 0 Å². The minimum atomic E-state index is -1.35. The van der Waals surface area contributed by atoms with Crippen molar-refractivity contribution < 1.29 is 19.0 Å². The molecule has 0 atom stereocenters. The van der Waals surface area contributed by atoms with E-state index in [9.17, 15) is 14.3 Å². The van der Waals surface area contributed by atoms with Crippen LogP contribution >= 0.6 is 0 Å². The van der Waals surface area contributed by atoms with Crippen molar-refractivity contribution in [3.63, 3.8) is 0 Å². The summed E-state index contributed by atoms with van der Waals surface area (Å²) in [6.45, 7) is 5.24. The van der Waals surface area contributed by atoms with Crippen molar-refractivity contribution >= 4 is 5.97 Å². The third-order valence-electron chi connectivity index (χ3n) is 1.58. The molecule has 4 heteroatoms. The van der Waals surface area contributed by atoms with Crippen molar-refractivity contribution in [2.24, 2.45) is 0 Å². The topological polar surface area (TPSA) is 49.4 Å². The Morgan fingerprint density at radius 3 is 2.47 bits per heavy atom. The molecule has 82 valence electrons. The highest BCUT2D eigenvalue weighted by Crippen LogP contribution is 2.23. The lowest BCUT2D eigenvalue weighted by Crippen LogP contribution is -2.25. The number of ether oxygens (including phenoxy) is 1. The molecule has 0 aromatic heterocycles. The molecular formula is C11H12FO3-. The molecule has 0 aliphatic carbocycles. The van der Waals surface area contributed by atoms with Crippen molar-refractivity contribution in [2.75, 3.05) is 0 Å². The van der Waals surface area contributed by atoms with E-state index in [-0.39, 0.29) is 11.3 Å². The zero-order chi connectivity index (χ0) is 11.6. The first kappa shape index (κ1) is 11.5. The van der Waals surface area contributed by atoms with Crippen LogP contribution in [0.3, 0.4) is 0 Å². The Bertz CT molecular complexity index is 380. The van der Waals surface area contributed by atoms with Gasteiger partial charge in [0.25, 0.3) is 0 Å². The smallest absolute Gasteiger partial charge is 0.165 e. The van der Waals surface area contributed by atoms with Crippen LogP contribution in [-0.2, 0) is 0 Å². The lowest BCUT2D eigenvalue weighted by molar-refractivity contribution is -0.255. The average Bonchev–Trinajstić information content (AvgIpc) is 2.06. The van der Waals surface area contributed by atoms with Gasteiger partial charge in [-0.2, -0.15) is 0 Å². The van der Waals surface area contributed by atoms with Gasteiger partial charge in [-0.25, -0.2) is 4.39 Å². The van der Waals surface area contributed by atoms with Crippen molar-refractivity contribution in [1.29, 1.82) is 0 Å². The predicted molar refractivity (Wildman–Crippen MR) is 51.1 cm³/mol. The second kappa shape index (κ2) is 3.88. The lowest BCUT2D eigenvalue weighted by Gasteiger charge is -2.22. The van der Waals surface area contributed by atoms with Crippen molar-refractivity contribution in [1.82, 2.24) is 0 Å². The highest BCUT2D eigenvalue weighted by Gasteiger charge is 2.15. The maximum absolute atomic E-state index is 13.2. The van der Waals surface area contributed by atoms with E-state index in [1.165, 1.54) is 0 Å². The van der Waals surface area contributed by atoms with Crippen LogP contribution < -0.4 is 9.84 Å². The molecule has 0 fully saturated rings. The minimum Gasteiger partial charge on any atom is -0.545 e. The number of carbonyl (C=O) groups is 1. The first-order chi connectivity index (χ1) is 6.79. The number of benzene rings is 1. The van der Waals surface area contributed by atoms with Gasteiger partial charge in [0.15, 0.2) is 11.6 Å². The molecule has 0 heterocycles. The third kappa shape index (κ3) is 3.23. The van der Waals surface area contributed by atoms with E-state index in [0.717, 1.165) is 18.2 Å². The number of carboxylic acid groups (broad SMARTS) is 1. The molecule has 0 aliphatic rings. The molecule has 15 heavy (non-hydrogen) atoms. The zero-order valence-corrected chi connectivity index (χ0v) is 8.83. The summed E-state index contributed by atoms with van der Waals surface area (Å²) in [5.41, 5.74) is -0.679. The maximum atomic E-state index is 13.2. The van der Waals surface area contributed by atoms with E-state index < -0.39 is 17.4 Å². The molecule has 0 bridgehead atoms. The molecule has 1 aromatic rings. The monoisotopic (exact) mass is 211 g/mol. The van der Waals surface area contributed by atoms with E-state index in [4.69, 9.17) is 4.74 Å². The first-order valence-corrected chi connectivity index (χ1v) is 4.49. The molecule has 0 saturated carbocycles. The van der Waals surface area contributed by atoms with Gasteiger partial charge in [-0.15, -0.1) is 0 Å². The van der Waals surface area contributed by atoms with Gasteiger partial charge in [0.1, 0.15) is 5.60 Å². The molecule has 0 radical (unpaired) electrons. The largest absolute Gasteiger partial charge is 0.545 e. The van der Waals surface area contributed by atoms with Crippen LogP contribution in [0.4, 0.5) is 4.39 Å². The van der Waals surface area contributed by atoms with Gasteiger partial charge < -0.3 is 14.6 Å². The molecule has 0 saturated heterocycles. The number of aromatic carboxylic acids is 1. The van der Waals surface area contributed by atoms with Crippen LogP contribution in [0.5, 0.6) is 5.75 Å². The number of carboxylic acids is 1. The van der Waals surface area contributed by atoms with E-state index in [2.05, 4.69) is 0 Å². The van der Waals surface area contributed by atoms with Gasteiger partial charge in [-0.05, 0) is 39.0 Å². The van der Waals surface area contributed by atoms with Crippen molar-refractivity contribution in [3.05, 3.63) is 29.6 Å². The zero-order valence-electron chi connectivity index (χ0n) is 8.83. The van der Waals surface area contributed by atoms with Crippen LogP contribution in [0.15, 0.2) is 18.2 Å². The Kier molecular flexibility index (Phi) is 2.98. The molecule has 0 N–H and O–H groups in total. The molecule has 0 aliphatic heterocycles. The summed E-state index contributed by atoms with van der Waals surface area (Å²) < 4.78 is 18.5. The summed E-state index contributed by atoms with van der Waals surface area (Å²) >= 11 is 0. The fourth-order valence-corrected chi connectivity index (χ4v) is 1.04. The summed E-state index contributed by atoms with van der Waals surface area (Å²) in [6.07, 6.45) is 0. The van der Waals surface area contributed by atoms with Gasteiger partial charge in [0.05, 0.1) is 5.97 Å². The van der Waals surface area contributed by atoms with Crippen LogP contribution in [0.1, 0.15) is 31.1 Å². The second-order valence-corrected chi connectivity index (χ2v) is 4.15. The highest BCUT2D eigenvalue weighted by molar-refractivity contribution is 5.86. The Hall–Kier alpha value is -1.58. The summed E-state index contributed by atoms with van der Waals surface area (Å²) in [7, 11) is 0. The first-order valence-electron chi connectivity index (χ1n) is 4.49. The normalized spacial score (nSPS) is 11.2. The van der Waals surface area contributed by atoms with Crippen molar-refractivity contribution in [2.45, 2.75) is 26.4 Å². The predicted octanol–water partition coefficient (Wildman–Crippen LogP) is 1.37. The Morgan fingerprint density at radius 1 is 1.40 bits per heavy atom. The fraction of sp³-hybridized carbons (Fsp3) is 0.364. The SMILES string of the molecule is CC(C)(C)Oc1cc(C(=O)[O-])ccc1F.